The largest absolute Gasteiger partial charge is 0.480 e. The lowest BCUT2D eigenvalue weighted by molar-refractivity contribution is -0.142. The van der Waals surface area contributed by atoms with Crippen LogP contribution in [0.25, 0.3) is 0 Å². The number of pyridine rings is 1. The fraction of sp³-hybridized carbons (Fsp3) is 0.455. The van der Waals surface area contributed by atoms with Crippen LogP contribution in [-0.4, -0.2) is 26.8 Å². The second-order valence-electron chi connectivity index (χ2n) is 4.17. The highest BCUT2D eigenvalue weighted by molar-refractivity contribution is 7.99. The van der Waals surface area contributed by atoms with Gasteiger partial charge in [-0.3, -0.25) is 4.79 Å². The van der Waals surface area contributed by atoms with Crippen molar-refractivity contribution < 1.29 is 9.90 Å². The second-order valence-corrected chi connectivity index (χ2v) is 6.07. The molecular formula is C11H15ClN2O2S. The average Bonchev–Trinajstić information content (AvgIpc) is 2.20. The first kappa shape index (κ1) is 14.3. The monoisotopic (exact) mass is 274 g/mol. The highest BCUT2D eigenvalue weighted by Gasteiger charge is 2.30. The number of carboxylic acid groups (broad SMARTS) is 1. The second kappa shape index (κ2) is 5.71. The van der Waals surface area contributed by atoms with E-state index in [2.05, 4.69) is 4.98 Å². The standard InChI is InChI=1S/C11H15ClN2O2S/c1-7(5-11(2,13)10(15)16)17-9-4-3-8(12)6-14-9/h3-4,6-7H,5,13H2,1-2H3,(H,15,16). The summed E-state index contributed by atoms with van der Waals surface area (Å²) in [5.41, 5.74) is 4.47. The number of nitrogens with zero attached hydrogens (tertiary/aromatic N) is 1. The van der Waals surface area contributed by atoms with E-state index in [0.717, 1.165) is 5.03 Å². The predicted molar refractivity (Wildman–Crippen MR) is 69.4 cm³/mol. The number of carboxylic acids is 1. The maximum atomic E-state index is 10.9. The Morgan fingerprint density at radius 1 is 1.71 bits per heavy atom. The lowest BCUT2D eigenvalue weighted by Gasteiger charge is -2.22. The summed E-state index contributed by atoms with van der Waals surface area (Å²) in [6.45, 7) is 3.44. The molecule has 0 radical (unpaired) electrons. The van der Waals surface area contributed by atoms with Gasteiger partial charge in [0, 0.05) is 11.4 Å². The van der Waals surface area contributed by atoms with Crippen LogP contribution in [0.3, 0.4) is 0 Å². The molecule has 4 nitrogen and oxygen atoms in total. The Hall–Kier alpha value is -0.780. The van der Waals surface area contributed by atoms with Gasteiger partial charge in [-0.1, -0.05) is 18.5 Å². The molecule has 94 valence electrons. The molecule has 0 aromatic carbocycles. The van der Waals surface area contributed by atoms with Crippen LogP contribution in [0.15, 0.2) is 23.4 Å². The Bertz CT molecular complexity index is 395. The van der Waals surface area contributed by atoms with Crippen molar-refractivity contribution >= 4 is 29.3 Å². The van der Waals surface area contributed by atoms with E-state index in [1.165, 1.54) is 18.7 Å². The maximum Gasteiger partial charge on any atom is 0.323 e. The molecule has 0 aliphatic rings. The number of nitrogens with two attached hydrogens (primary N) is 1. The van der Waals surface area contributed by atoms with Gasteiger partial charge >= 0.3 is 5.97 Å². The topological polar surface area (TPSA) is 76.2 Å². The Balaban J connectivity index is 2.58. The number of aromatic nitrogens is 1. The number of halogens is 1. The number of hydrogen-bond donors (Lipinski definition) is 2. The van der Waals surface area contributed by atoms with Gasteiger partial charge in [-0.15, -0.1) is 11.8 Å². The third-order valence-electron chi connectivity index (χ3n) is 2.22. The van der Waals surface area contributed by atoms with Crippen LogP contribution in [-0.2, 0) is 4.79 Å². The van der Waals surface area contributed by atoms with Gasteiger partial charge in [0.2, 0.25) is 0 Å². The molecule has 6 heteroatoms. The summed E-state index contributed by atoms with van der Waals surface area (Å²) in [4.78, 5) is 15.0. The minimum Gasteiger partial charge on any atom is -0.480 e. The van der Waals surface area contributed by atoms with Crippen molar-refractivity contribution in [1.29, 1.82) is 0 Å². The Kier molecular flexibility index (Phi) is 4.80. The number of aliphatic carboxylic acids is 1. The van der Waals surface area contributed by atoms with Gasteiger partial charge in [0.15, 0.2) is 0 Å². The third-order valence-corrected chi connectivity index (χ3v) is 3.50. The van der Waals surface area contributed by atoms with E-state index in [-0.39, 0.29) is 5.25 Å². The van der Waals surface area contributed by atoms with Gasteiger partial charge in [-0.25, -0.2) is 4.98 Å². The Labute approximate surface area is 110 Å². The van der Waals surface area contributed by atoms with Crippen LogP contribution in [0.2, 0.25) is 5.02 Å². The van der Waals surface area contributed by atoms with Crippen molar-refractivity contribution in [3.63, 3.8) is 0 Å². The molecule has 1 aromatic rings. The summed E-state index contributed by atoms with van der Waals surface area (Å²) in [7, 11) is 0. The number of thioether (sulfide) groups is 1. The summed E-state index contributed by atoms with van der Waals surface area (Å²) in [5.74, 6) is -0.992. The predicted octanol–water partition coefficient (Wildman–Crippen LogP) is 2.41. The van der Waals surface area contributed by atoms with E-state index in [0.29, 0.717) is 11.4 Å². The van der Waals surface area contributed by atoms with Crippen molar-refractivity contribution in [2.45, 2.75) is 36.1 Å². The highest BCUT2D eigenvalue weighted by Crippen LogP contribution is 2.27. The lowest BCUT2D eigenvalue weighted by atomic mass is 9.98. The molecule has 17 heavy (non-hydrogen) atoms. The van der Waals surface area contributed by atoms with E-state index in [1.54, 1.807) is 18.3 Å². The van der Waals surface area contributed by atoms with Gasteiger partial charge in [0.05, 0.1) is 10.0 Å². The van der Waals surface area contributed by atoms with Gasteiger partial charge in [0.1, 0.15) is 5.54 Å². The first-order valence-corrected chi connectivity index (χ1v) is 6.37. The van der Waals surface area contributed by atoms with E-state index >= 15 is 0 Å². The average molecular weight is 275 g/mol. The zero-order valence-electron chi connectivity index (χ0n) is 9.68. The minimum atomic E-state index is -1.21. The number of hydrogen-bond acceptors (Lipinski definition) is 4. The molecule has 0 amide bonds. The first-order valence-electron chi connectivity index (χ1n) is 5.12. The molecule has 1 heterocycles. The third kappa shape index (κ3) is 4.53. The Morgan fingerprint density at radius 2 is 2.35 bits per heavy atom. The summed E-state index contributed by atoms with van der Waals surface area (Å²) >= 11 is 7.21. The van der Waals surface area contributed by atoms with Crippen LogP contribution in [0, 0.1) is 0 Å². The van der Waals surface area contributed by atoms with E-state index in [4.69, 9.17) is 22.4 Å². The fourth-order valence-electron chi connectivity index (χ4n) is 1.36. The highest BCUT2D eigenvalue weighted by atomic mass is 35.5. The normalized spacial score (nSPS) is 16.2. The first-order chi connectivity index (χ1) is 7.81. The van der Waals surface area contributed by atoms with Crippen LogP contribution in [0.5, 0.6) is 0 Å². The van der Waals surface area contributed by atoms with Gasteiger partial charge in [-0.05, 0) is 25.5 Å². The quantitative estimate of drug-likeness (QED) is 0.807. The molecule has 0 bridgehead atoms. The van der Waals surface area contributed by atoms with Gasteiger partial charge < -0.3 is 10.8 Å². The fourth-order valence-corrected chi connectivity index (χ4v) is 2.58. The summed E-state index contributed by atoms with van der Waals surface area (Å²) in [6, 6.07) is 3.56. The number of rotatable bonds is 5. The molecular weight excluding hydrogens is 260 g/mol. The van der Waals surface area contributed by atoms with E-state index < -0.39 is 11.5 Å². The minimum absolute atomic E-state index is 0.0646. The molecule has 1 aromatic heterocycles. The smallest absolute Gasteiger partial charge is 0.323 e. The molecule has 0 spiro atoms. The van der Waals surface area contributed by atoms with Crippen molar-refractivity contribution in [2.75, 3.05) is 0 Å². The zero-order chi connectivity index (χ0) is 13.1. The summed E-state index contributed by atoms with van der Waals surface area (Å²) in [5, 5.41) is 10.4. The van der Waals surface area contributed by atoms with Crippen molar-refractivity contribution in [2.24, 2.45) is 5.73 Å². The zero-order valence-corrected chi connectivity index (χ0v) is 11.3. The van der Waals surface area contributed by atoms with E-state index in [9.17, 15) is 4.79 Å². The number of carbonyl (C=O) groups is 1. The van der Waals surface area contributed by atoms with Crippen LogP contribution >= 0.6 is 23.4 Å². The molecule has 0 aliphatic heterocycles. The van der Waals surface area contributed by atoms with Crippen molar-refractivity contribution in [3.8, 4) is 0 Å². The molecule has 3 N–H and O–H groups in total. The van der Waals surface area contributed by atoms with E-state index in [1.807, 2.05) is 6.92 Å². The molecule has 0 saturated carbocycles. The molecule has 2 unspecified atom stereocenters. The molecule has 1 rings (SSSR count). The lowest BCUT2D eigenvalue weighted by Crippen LogP contribution is -2.46. The van der Waals surface area contributed by atoms with Crippen LogP contribution in [0.1, 0.15) is 20.3 Å². The van der Waals surface area contributed by atoms with Gasteiger partial charge in [0.25, 0.3) is 0 Å². The van der Waals surface area contributed by atoms with Gasteiger partial charge in [-0.2, -0.15) is 0 Å². The van der Waals surface area contributed by atoms with Crippen LogP contribution < -0.4 is 5.73 Å². The molecule has 0 aliphatic carbocycles. The summed E-state index contributed by atoms with van der Waals surface area (Å²) < 4.78 is 0. The molecule has 0 saturated heterocycles. The SMILES string of the molecule is CC(CC(C)(N)C(=O)O)Sc1ccc(Cl)cn1. The molecule has 2 atom stereocenters. The van der Waals surface area contributed by atoms with Crippen molar-refractivity contribution in [3.05, 3.63) is 23.4 Å². The van der Waals surface area contributed by atoms with Crippen LogP contribution in [0.4, 0.5) is 0 Å². The van der Waals surface area contributed by atoms with Crippen molar-refractivity contribution in [1.82, 2.24) is 4.98 Å². The summed E-state index contributed by atoms with van der Waals surface area (Å²) in [6.07, 6.45) is 1.94. The molecule has 0 fully saturated rings. The maximum absolute atomic E-state index is 10.9. The Morgan fingerprint density at radius 3 is 2.82 bits per heavy atom.